The summed E-state index contributed by atoms with van der Waals surface area (Å²) in [7, 11) is 0. The topological polar surface area (TPSA) is 84.2 Å². The monoisotopic (exact) mass is 479 g/mol. The van der Waals surface area contributed by atoms with E-state index in [9.17, 15) is 22.8 Å². The van der Waals surface area contributed by atoms with Gasteiger partial charge in [0.15, 0.2) is 6.10 Å². The maximum absolute atomic E-state index is 12.9. The molecule has 6 nitrogen and oxygen atoms in total. The van der Waals surface area contributed by atoms with Crippen molar-refractivity contribution in [3.05, 3.63) is 73.2 Å². The molecule has 1 aromatic heterocycles. The number of aliphatic hydroxyl groups is 1. The smallest absolute Gasteiger partial charge is 0.382 e. The van der Waals surface area contributed by atoms with E-state index in [1.54, 1.807) is 41.8 Å². The molecule has 1 amide bonds. The third kappa shape index (κ3) is 4.89. The van der Waals surface area contributed by atoms with Crippen molar-refractivity contribution in [2.24, 2.45) is 0 Å². The number of nitrogens with zero attached hydrogens (tertiary/aromatic N) is 2. The molecule has 0 saturated carbocycles. The molecule has 30 heavy (non-hydrogen) atoms. The molecular formula is C18H14Cl2F3N3O3S. The number of hydrogen-bond acceptors (Lipinski definition) is 4. The molecular weight excluding hydrogens is 466 g/mol. The number of thiol groups is 1. The fourth-order valence-electron chi connectivity index (χ4n) is 2.46. The first-order valence-corrected chi connectivity index (χ1v) is 10.5. The van der Waals surface area contributed by atoms with E-state index in [0.29, 0.717) is 15.0 Å². The number of amides is 1. The second-order valence-electron chi connectivity index (χ2n) is 6.09. The fourth-order valence-corrected chi connectivity index (χ4v) is 4.47. The van der Waals surface area contributed by atoms with E-state index in [0.717, 1.165) is 4.09 Å². The van der Waals surface area contributed by atoms with Gasteiger partial charge in [-0.05, 0) is 29.7 Å². The largest absolute Gasteiger partial charge is 0.416 e. The number of benzene rings is 1. The van der Waals surface area contributed by atoms with Crippen LogP contribution in [0.2, 0.25) is 5.02 Å². The highest BCUT2D eigenvalue weighted by Crippen LogP contribution is 2.43. The zero-order chi connectivity index (χ0) is 22.1. The summed E-state index contributed by atoms with van der Waals surface area (Å²) in [6, 6.07) is 7.57. The van der Waals surface area contributed by atoms with Gasteiger partial charge in [-0.15, -0.1) is 0 Å². The minimum Gasteiger partial charge on any atom is -0.382 e. The molecule has 0 fully saturated rings. The Balaban J connectivity index is 2.03. The summed E-state index contributed by atoms with van der Waals surface area (Å²) in [6.45, 7) is -1.10. The van der Waals surface area contributed by atoms with Gasteiger partial charge in [0.1, 0.15) is 5.56 Å². The van der Waals surface area contributed by atoms with E-state index < -0.39 is 46.9 Å². The van der Waals surface area contributed by atoms with E-state index >= 15 is 0 Å². The minimum absolute atomic E-state index is 0.222. The van der Waals surface area contributed by atoms with E-state index in [4.69, 9.17) is 28.3 Å². The van der Waals surface area contributed by atoms with Crippen LogP contribution < -0.4 is 10.9 Å². The van der Waals surface area contributed by atoms with Crippen LogP contribution in [0.25, 0.3) is 11.3 Å². The molecule has 3 rings (SSSR count). The predicted molar refractivity (Wildman–Crippen MR) is 111 cm³/mol. The summed E-state index contributed by atoms with van der Waals surface area (Å²) < 4.78 is 38.9. The van der Waals surface area contributed by atoms with Gasteiger partial charge in [-0.2, -0.15) is 22.4 Å². The van der Waals surface area contributed by atoms with Crippen LogP contribution in [0.3, 0.4) is 0 Å². The average Bonchev–Trinajstić information content (AvgIpc) is 3.11. The van der Waals surface area contributed by atoms with Crippen molar-refractivity contribution in [2.75, 3.05) is 6.54 Å². The molecule has 1 aliphatic rings. The van der Waals surface area contributed by atoms with Crippen LogP contribution in [0.1, 0.15) is 10.4 Å². The summed E-state index contributed by atoms with van der Waals surface area (Å²) >= 11 is 10.5. The lowest BCUT2D eigenvalue weighted by Gasteiger charge is -2.19. The lowest BCUT2D eigenvalue weighted by Crippen LogP contribution is -2.42. The van der Waals surface area contributed by atoms with Crippen molar-refractivity contribution in [1.82, 2.24) is 14.5 Å². The molecule has 12 heteroatoms. The molecule has 0 aliphatic carbocycles. The number of rotatable bonds is 5. The van der Waals surface area contributed by atoms with Crippen LogP contribution >= 0.6 is 34.3 Å². The van der Waals surface area contributed by atoms with Crippen molar-refractivity contribution >= 4 is 40.2 Å². The molecule has 0 radical (unpaired) electrons. The van der Waals surface area contributed by atoms with Gasteiger partial charge in [-0.25, -0.2) is 0 Å². The highest BCUT2D eigenvalue weighted by atomic mass is 35.5. The summed E-state index contributed by atoms with van der Waals surface area (Å²) in [5.41, 5.74) is -0.511. The van der Waals surface area contributed by atoms with Crippen molar-refractivity contribution in [2.45, 2.75) is 12.3 Å². The molecule has 1 aromatic carbocycles. The number of carbonyl (C=O) groups excluding carboxylic acids is 1. The van der Waals surface area contributed by atoms with Gasteiger partial charge in [-0.3, -0.25) is 9.59 Å². The Hall–Kier alpha value is -2.27. The Bertz CT molecular complexity index is 1080. The second-order valence-corrected chi connectivity index (χ2v) is 9.04. The van der Waals surface area contributed by atoms with Crippen molar-refractivity contribution in [3.8, 4) is 11.3 Å². The van der Waals surface area contributed by atoms with Crippen LogP contribution in [0, 0.1) is 0 Å². The summed E-state index contributed by atoms with van der Waals surface area (Å²) in [4.78, 5) is 25.3. The first-order valence-electron chi connectivity index (χ1n) is 8.34. The lowest BCUT2D eigenvalue weighted by atomic mass is 10.1. The standard InChI is InChI=1S/C18H14Cl2F3N3O3S/c19-11-5-3-10(4-6-11)13-8-12(16(28)24-9-14(27)18(21,22)23)17(29)26(25-13)30-7-1-2-15(30)20/h1-8,14,27,30H,9H2,(H,24,28)/t14-/m0/s1. The van der Waals surface area contributed by atoms with Gasteiger partial charge >= 0.3 is 6.18 Å². The molecule has 2 heterocycles. The van der Waals surface area contributed by atoms with Gasteiger partial charge < -0.3 is 10.4 Å². The van der Waals surface area contributed by atoms with Crippen LogP contribution in [0.5, 0.6) is 0 Å². The van der Waals surface area contributed by atoms with E-state index in [2.05, 4.69) is 5.10 Å². The molecule has 0 saturated heterocycles. The quantitative estimate of drug-likeness (QED) is 0.572. The van der Waals surface area contributed by atoms with Crippen molar-refractivity contribution < 1.29 is 23.1 Å². The van der Waals surface area contributed by atoms with Crippen molar-refractivity contribution in [3.63, 3.8) is 0 Å². The van der Waals surface area contributed by atoms with E-state index in [-0.39, 0.29) is 5.69 Å². The van der Waals surface area contributed by atoms with E-state index in [1.807, 2.05) is 5.32 Å². The van der Waals surface area contributed by atoms with Gasteiger partial charge in [0.2, 0.25) is 0 Å². The summed E-state index contributed by atoms with van der Waals surface area (Å²) in [6.07, 6.45) is -4.45. The van der Waals surface area contributed by atoms with Crippen LogP contribution in [0.4, 0.5) is 13.2 Å². The summed E-state index contributed by atoms with van der Waals surface area (Å²) in [5.74, 6) is -1.08. The minimum atomic E-state index is -4.91. The van der Waals surface area contributed by atoms with Crippen LogP contribution in [-0.4, -0.2) is 39.0 Å². The lowest BCUT2D eigenvalue weighted by molar-refractivity contribution is -0.201. The van der Waals surface area contributed by atoms with Crippen LogP contribution in [0.15, 0.2) is 57.1 Å². The van der Waals surface area contributed by atoms with Crippen molar-refractivity contribution in [1.29, 1.82) is 0 Å². The molecule has 0 bridgehead atoms. The zero-order valence-electron chi connectivity index (χ0n) is 14.9. The zero-order valence-corrected chi connectivity index (χ0v) is 17.3. The highest BCUT2D eigenvalue weighted by Gasteiger charge is 2.38. The fraction of sp³-hybridized carbons (Fsp3) is 0.167. The van der Waals surface area contributed by atoms with Gasteiger partial charge in [0.05, 0.1) is 16.6 Å². The first-order chi connectivity index (χ1) is 14.1. The number of allylic oxidation sites excluding steroid dienone is 2. The third-order valence-electron chi connectivity index (χ3n) is 4.00. The predicted octanol–water partition coefficient (Wildman–Crippen LogP) is 3.59. The number of aromatic nitrogens is 2. The number of nitrogens with one attached hydrogen (secondary N) is 1. The van der Waals surface area contributed by atoms with Gasteiger partial charge in [0.25, 0.3) is 11.5 Å². The average molecular weight is 480 g/mol. The van der Waals surface area contributed by atoms with E-state index in [1.165, 1.54) is 6.07 Å². The highest BCUT2D eigenvalue weighted by molar-refractivity contribution is 8.22. The number of carbonyl (C=O) groups is 1. The first kappa shape index (κ1) is 22.4. The number of halogens is 5. The third-order valence-corrected chi connectivity index (χ3v) is 6.62. The Morgan fingerprint density at radius 3 is 2.50 bits per heavy atom. The molecule has 2 atom stereocenters. The molecule has 2 aromatic rings. The molecule has 1 aliphatic heterocycles. The second kappa shape index (κ2) is 8.84. The molecule has 1 unspecified atom stereocenters. The molecule has 2 N–H and O–H groups in total. The molecule has 0 spiro atoms. The number of hydrogen-bond donors (Lipinski definition) is 3. The SMILES string of the molecule is O=C(NC[C@H](O)C(F)(F)F)c1cc(-c2ccc(Cl)cc2)nn([SH]2C=CC=C2Cl)c1=O. The van der Waals surface area contributed by atoms with Gasteiger partial charge in [-0.1, -0.05) is 52.5 Å². The Kier molecular flexibility index (Phi) is 6.61. The number of aliphatic hydroxyl groups excluding tert-OH is 1. The maximum atomic E-state index is 12.9. The maximum Gasteiger partial charge on any atom is 0.416 e. The van der Waals surface area contributed by atoms with Crippen LogP contribution in [-0.2, 0) is 0 Å². The molecule has 160 valence electrons. The number of alkyl halides is 3. The summed E-state index contributed by atoms with van der Waals surface area (Å²) in [5, 5.41) is 17.4. The normalized spacial score (nSPS) is 18.2. The van der Waals surface area contributed by atoms with Gasteiger partial charge in [0, 0.05) is 10.6 Å². The Morgan fingerprint density at radius 1 is 1.27 bits per heavy atom. The Labute approximate surface area is 181 Å². The Morgan fingerprint density at radius 2 is 1.93 bits per heavy atom.